The normalized spacial score (nSPS) is 19.4. The van der Waals surface area contributed by atoms with Crippen molar-refractivity contribution in [2.45, 2.75) is 50.5 Å². The minimum atomic E-state index is -3.25. The van der Waals surface area contributed by atoms with Crippen LogP contribution in [-0.2, 0) is 40.8 Å². The van der Waals surface area contributed by atoms with Gasteiger partial charge < -0.3 is 15.8 Å². The van der Waals surface area contributed by atoms with Crippen molar-refractivity contribution in [2.75, 3.05) is 19.0 Å². The van der Waals surface area contributed by atoms with E-state index in [0.29, 0.717) is 29.5 Å². The maximum atomic E-state index is 13.0. The Morgan fingerprint density at radius 3 is 2.47 bits per heavy atom. The zero-order chi connectivity index (χ0) is 26.7. The minimum Gasteiger partial charge on any atom is -0.381 e. The molecule has 200 valence electrons. The predicted molar refractivity (Wildman–Crippen MR) is 145 cm³/mol. The number of benzene rings is 2. The molecule has 3 heterocycles. The summed E-state index contributed by atoms with van der Waals surface area (Å²) in [5, 5.41) is 2.93. The number of nitrogens with zero attached hydrogens (tertiary/aromatic N) is 2. The second-order valence-electron chi connectivity index (χ2n) is 9.99. The van der Waals surface area contributed by atoms with Crippen molar-refractivity contribution in [2.24, 2.45) is 11.7 Å². The molecule has 1 saturated heterocycles. The zero-order valence-corrected chi connectivity index (χ0v) is 22.4. The SMILES string of the molecule is CCS(=O)(=O)c1ccc(CNC(=O)c2cnc3c(c2)CN(Cc2ccc(CN)cc2)[C@H]3[C@H]2CCOC2)cc1. The van der Waals surface area contributed by atoms with Crippen LogP contribution in [0.4, 0.5) is 0 Å². The highest BCUT2D eigenvalue weighted by Gasteiger charge is 2.39. The van der Waals surface area contributed by atoms with Crippen molar-refractivity contribution in [3.8, 4) is 0 Å². The van der Waals surface area contributed by atoms with Crippen molar-refractivity contribution in [1.82, 2.24) is 15.2 Å². The average molecular weight is 535 g/mol. The molecule has 2 atom stereocenters. The molecule has 0 saturated carbocycles. The lowest BCUT2D eigenvalue weighted by molar-refractivity contribution is 0.0950. The van der Waals surface area contributed by atoms with Gasteiger partial charge in [-0.3, -0.25) is 14.7 Å². The molecule has 0 spiro atoms. The van der Waals surface area contributed by atoms with Crippen LogP contribution >= 0.6 is 0 Å². The third-order valence-corrected chi connectivity index (χ3v) is 9.23. The van der Waals surface area contributed by atoms with E-state index >= 15 is 0 Å². The van der Waals surface area contributed by atoms with Gasteiger partial charge in [0.2, 0.25) is 0 Å². The molecule has 1 aromatic heterocycles. The summed E-state index contributed by atoms with van der Waals surface area (Å²) in [4.78, 5) is 20.5. The van der Waals surface area contributed by atoms with E-state index in [1.807, 2.05) is 6.07 Å². The van der Waals surface area contributed by atoms with Gasteiger partial charge in [0.1, 0.15) is 0 Å². The molecule has 0 aliphatic carbocycles. The second-order valence-corrected chi connectivity index (χ2v) is 12.3. The molecule has 1 fully saturated rings. The Balaban J connectivity index is 1.29. The number of hydrogen-bond acceptors (Lipinski definition) is 7. The van der Waals surface area contributed by atoms with E-state index in [2.05, 4.69) is 34.5 Å². The number of amides is 1. The van der Waals surface area contributed by atoms with Crippen LogP contribution in [-0.4, -0.2) is 43.2 Å². The van der Waals surface area contributed by atoms with Gasteiger partial charge in [0.25, 0.3) is 5.91 Å². The standard InChI is InChI=1S/C29H34N4O4S/c1-2-38(35,36)26-9-7-21(8-10-26)15-32-29(34)24-13-25-18-33(17-22-5-3-20(14-30)4-6-22)28(27(25)31-16-24)23-11-12-37-19-23/h3-10,13,16,23,28H,2,11-12,14-15,17-19,30H2,1H3,(H,32,34)/t23-,28-/m0/s1. The summed E-state index contributed by atoms with van der Waals surface area (Å²) in [7, 11) is -3.25. The number of nitrogens with two attached hydrogens (primary N) is 1. The Morgan fingerprint density at radius 2 is 1.82 bits per heavy atom. The Morgan fingerprint density at radius 1 is 1.11 bits per heavy atom. The first kappa shape index (κ1) is 26.5. The third-order valence-electron chi connectivity index (χ3n) is 7.48. The number of ether oxygens (including phenoxy) is 1. The molecule has 5 rings (SSSR count). The van der Waals surface area contributed by atoms with Crippen LogP contribution in [0.2, 0.25) is 0 Å². The molecule has 9 heteroatoms. The fourth-order valence-corrected chi connectivity index (χ4v) is 6.17. The highest BCUT2D eigenvalue weighted by Crippen LogP contribution is 2.41. The lowest BCUT2D eigenvalue weighted by atomic mass is 9.95. The molecule has 2 aliphatic rings. The molecule has 0 unspecified atom stereocenters. The van der Waals surface area contributed by atoms with E-state index < -0.39 is 9.84 Å². The summed E-state index contributed by atoms with van der Waals surface area (Å²) in [6.45, 7) is 5.44. The Kier molecular flexibility index (Phi) is 7.90. The molecule has 0 bridgehead atoms. The van der Waals surface area contributed by atoms with Gasteiger partial charge >= 0.3 is 0 Å². The molecule has 0 radical (unpaired) electrons. The van der Waals surface area contributed by atoms with E-state index in [1.165, 1.54) is 5.56 Å². The van der Waals surface area contributed by atoms with Gasteiger partial charge in [0.15, 0.2) is 9.84 Å². The smallest absolute Gasteiger partial charge is 0.253 e. The number of nitrogens with one attached hydrogen (secondary N) is 1. The molecule has 2 aromatic carbocycles. The molecular weight excluding hydrogens is 500 g/mol. The quantitative estimate of drug-likeness (QED) is 0.433. The van der Waals surface area contributed by atoms with Crippen LogP contribution in [0.15, 0.2) is 65.7 Å². The number of rotatable bonds is 9. The summed E-state index contributed by atoms with van der Waals surface area (Å²) in [6.07, 6.45) is 2.66. The topological polar surface area (TPSA) is 115 Å². The molecule has 2 aliphatic heterocycles. The maximum Gasteiger partial charge on any atom is 0.253 e. The lowest BCUT2D eigenvalue weighted by Gasteiger charge is -2.28. The summed E-state index contributed by atoms with van der Waals surface area (Å²) >= 11 is 0. The minimum absolute atomic E-state index is 0.0566. The first-order valence-electron chi connectivity index (χ1n) is 13.1. The number of aromatic nitrogens is 1. The monoisotopic (exact) mass is 534 g/mol. The fraction of sp³-hybridized carbons (Fsp3) is 0.379. The number of pyridine rings is 1. The van der Waals surface area contributed by atoms with Crippen LogP contribution in [0.3, 0.4) is 0 Å². The number of hydrogen-bond donors (Lipinski definition) is 2. The number of carbonyl (C=O) groups is 1. The van der Waals surface area contributed by atoms with Gasteiger partial charge in [0.05, 0.1) is 34.6 Å². The fourth-order valence-electron chi connectivity index (χ4n) is 5.29. The molecule has 8 nitrogen and oxygen atoms in total. The Hall–Kier alpha value is -3.11. The van der Waals surface area contributed by atoms with Gasteiger partial charge in [-0.25, -0.2) is 8.42 Å². The Labute approximate surface area is 224 Å². The van der Waals surface area contributed by atoms with E-state index in [1.54, 1.807) is 37.4 Å². The predicted octanol–water partition coefficient (Wildman–Crippen LogP) is 3.36. The summed E-state index contributed by atoms with van der Waals surface area (Å²) in [5.74, 6) is 0.217. The van der Waals surface area contributed by atoms with Gasteiger partial charge in [-0.15, -0.1) is 0 Å². The van der Waals surface area contributed by atoms with E-state index in [-0.39, 0.29) is 17.7 Å². The summed E-state index contributed by atoms with van der Waals surface area (Å²) in [6, 6.07) is 17.1. The van der Waals surface area contributed by atoms with E-state index in [4.69, 9.17) is 15.5 Å². The van der Waals surface area contributed by atoms with Crippen LogP contribution in [0.5, 0.6) is 0 Å². The Bertz CT molecular complexity index is 1390. The van der Waals surface area contributed by atoms with Crippen LogP contribution in [0.25, 0.3) is 0 Å². The van der Waals surface area contributed by atoms with Crippen molar-refractivity contribution in [1.29, 1.82) is 0 Å². The van der Waals surface area contributed by atoms with Gasteiger partial charge in [-0.05, 0) is 46.9 Å². The van der Waals surface area contributed by atoms with E-state index in [0.717, 1.165) is 55.1 Å². The van der Waals surface area contributed by atoms with Crippen LogP contribution in [0.1, 0.15) is 57.7 Å². The number of carbonyl (C=O) groups excluding carboxylic acids is 1. The van der Waals surface area contributed by atoms with Gasteiger partial charge in [-0.1, -0.05) is 43.3 Å². The van der Waals surface area contributed by atoms with Crippen LogP contribution in [0, 0.1) is 5.92 Å². The highest BCUT2D eigenvalue weighted by atomic mass is 32.2. The van der Waals surface area contributed by atoms with Gasteiger partial charge in [0, 0.05) is 44.9 Å². The molecule has 38 heavy (non-hydrogen) atoms. The first-order valence-corrected chi connectivity index (χ1v) is 14.7. The van der Waals surface area contributed by atoms with Crippen molar-refractivity contribution in [3.63, 3.8) is 0 Å². The molecule has 3 aromatic rings. The highest BCUT2D eigenvalue weighted by molar-refractivity contribution is 7.91. The maximum absolute atomic E-state index is 13.0. The van der Waals surface area contributed by atoms with Crippen molar-refractivity contribution in [3.05, 3.63) is 94.3 Å². The summed E-state index contributed by atoms with van der Waals surface area (Å²) < 4.78 is 29.8. The molecule has 1 amide bonds. The second kappa shape index (κ2) is 11.3. The molecular formula is C29H34N4O4S. The summed E-state index contributed by atoms with van der Waals surface area (Å²) in [5.41, 5.74) is 11.5. The van der Waals surface area contributed by atoms with Crippen LogP contribution < -0.4 is 11.1 Å². The largest absolute Gasteiger partial charge is 0.381 e. The van der Waals surface area contributed by atoms with Crippen molar-refractivity contribution >= 4 is 15.7 Å². The average Bonchev–Trinajstić information content (AvgIpc) is 3.59. The van der Waals surface area contributed by atoms with E-state index in [9.17, 15) is 13.2 Å². The number of sulfone groups is 1. The number of fused-ring (bicyclic) bond motifs is 1. The first-order chi connectivity index (χ1) is 18.4. The zero-order valence-electron chi connectivity index (χ0n) is 21.6. The van der Waals surface area contributed by atoms with Gasteiger partial charge in [-0.2, -0.15) is 0 Å². The third kappa shape index (κ3) is 5.66. The molecule has 3 N–H and O–H groups in total. The van der Waals surface area contributed by atoms with Crippen molar-refractivity contribution < 1.29 is 17.9 Å². The lowest BCUT2D eigenvalue weighted by Crippen LogP contribution is -2.28.